The van der Waals surface area contributed by atoms with Gasteiger partial charge in [-0.3, -0.25) is 0 Å². The van der Waals surface area contributed by atoms with Crippen molar-refractivity contribution in [3.05, 3.63) is 67.9 Å². The molecule has 0 aliphatic carbocycles. The molecule has 0 spiro atoms. The van der Waals surface area contributed by atoms with Gasteiger partial charge in [0, 0.05) is 0 Å². The van der Waals surface area contributed by atoms with Gasteiger partial charge in [-0.1, -0.05) is 18.2 Å². The average Bonchev–Trinajstić information content (AvgIpc) is 3.19. The third kappa shape index (κ3) is 10.1. The fourth-order valence-electron chi connectivity index (χ4n) is 4.73. The van der Waals surface area contributed by atoms with E-state index in [2.05, 4.69) is 0 Å². The maximum absolute atomic E-state index is 14.3. The molecule has 0 saturated carbocycles. The minimum atomic E-state index is -8.63. The number of nitrogens with zero attached hydrogens (tertiary/aromatic N) is 3. The summed E-state index contributed by atoms with van der Waals surface area (Å²) in [6.45, 7) is -8.28. The van der Waals surface area contributed by atoms with E-state index in [9.17, 15) is 186 Å². The van der Waals surface area contributed by atoms with Crippen LogP contribution in [0.2, 0.25) is 0 Å². The Labute approximate surface area is 380 Å². The molecule has 0 aliphatic rings. The van der Waals surface area contributed by atoms with Crippen LogP contribution < -0.4 is 17.1 Å². The average molecular weight is 1200 g/mol. The van der Waals surface area contributed by atoms with Crippen molar-refractivity contribution >= 4 is 0 Å². The minimum absolute atomic E-state index is 1.26. The molecule has 0 unspecified atom stereocenters. The summed E-state index contributed by atoms with van der Waals surface area (Å²) >= 11 is 0. The molecule has 0 atom stereocenters. The van der Waals surface area contributed by atoms with E-state index >= 15 is 0 Å². The summed E-state index contributed by atoms with van der Waals surface area (Å²) < 4.78 is 520. The highest BCUT2D eigenvalue weighted by Crippen LogP contribution is 2.63. The summed E-state index contributed by atoms with van der Waals surface area (Å²) in [4.78, 5) is 38.4. The van der Waals surface area contributed by atoms with Crippen molar-refractivity contribution in [2.24, 2.45) is 0 Å². The summed E-state index contributed by atoms with van der Waals surface area (Å²) in [6.07, 6.45) is -34.1. The van der Waals surface area contributed by atoms with Crippen molar-refractivity contribution in [1.82, 2.24) is 13.7 Å². The van der Waals surface area contributed by atoms with E-state index in [1.54, 1.807) is 0 Å². The van der Waals surface area contributed by atoms with Crippen molar-refractivity contribution in [2.45, 2.75) is 127 Å². The molecule has 0 radical (unpaired) electrons. The van der Waals surface area contributed by atoms with Crippen LogP contribution in [0.3, 0.4) is 0 Å². The first-order valence-electron chi connectivity index (χ1n) is 17.1. The maximum atomic E-state index is 14.3. The largest absolute Gasteiger partial charge is 0.460 e. The first-order valence-corrected chi connectivity index (χ1v) is 17.1. The molecule has 0 amide bonds. The van der Waals surface area contributed by atoms with Crippen molar-refractivity contribution in [1.29, 1.82) is 0 Å². The van der Waals surface area contributed by atoms with Crippen molar-refractivity contribution in [3.8, 4) is 0 Å². The van der Waals surface area contributed by atoms with Gasteiger partial charge >= 0.3 is 124 Å². The van der Waals surface area contributed by atoms with Gasteiger partial charge in [-0.15, -0.1) is 0 Å². The number of hydrogen-bond acceptors (Lipinski definition) is 3. The number of alkyl halides is 39. The van der Waals surface area contributed by atoms with Crippen LogP contribution in [0.15, 0.2) is 50.8 Å². The number of allylic oxidation sites excluding steroid dienone is 6. The van der Waals surface area contributed by atoms with Crippen LogP contribution >= 0.6 is 0 Å². The topological polar surface area (TPSA) is 66.0 Å². The van der Waals surface area contributed by atoms with Gasteiger partial charge in [0.25, 0.3) is 0 Å². The molecule has 0 fully saturated rings. The molecule has 1 aromatic heterocycles. The number of hydrogen-bond donors (Lipinski definition) is 0. The first-order chi connectivity index (χ1) is 32.3. The van der Waals surface area contributed by atoms with Gasteiger partial charge in [-0.05, 0) is 18.2 Å². The van der Waals surface area contributed by atoms with E-state index in [0.717, 1.165) is 0 Å². The Bertz CT molecular complexity index is 2210. The van der Waals surface area contributed by atoms with E-state index in [1.165, 1.54) is 0 Å². The standard InChI is InChI=1S/C30H12F39N3O3/c31-13(32,16(37,38)19(43,44)22(49,50)25(55,56)28(61,62)63)4-1-7-70-10(73)71(8-2-5-14(33,34)17(39,40)20(45,46)23(51,52)26(57,58)29(64,65)66)12(75)72(11(70)74)9-3-6-15(35,36)18(41,42)21(47,48)24(53,54)27(59,60)30(67,68)69/h1-6H,7-9H2/b4-1+,5-2+,6-3+. The molecular weight excluding hydrogens is 1190 g/mol. The monoisotopic (exact) mass is 1200 g/mol. The molecule has 0 aromatic carbocycles. The summed E-state index contributed by atoms with van der Waals surface area (Å²) in [7, 11) is 0. The van der Waals surface area contributed by atoms with Crippen LogP contribution in [0.5, 0.6) is 0 Å². The first kappa shape index (κ1) is 67.9. The third-order valence-corrected chi connectivity index (χ3v) is 9.10. The van der Waals surface area contributed by atoms with Crippen LogP contribution in [0.4, 0.5) is 171 Å². The molecule has 45 heteroatoms. The molecule has 0 saturated heterocycles. The summed E-state index contributed by atoms with van der Waals surface area (Å²) in [6, 6.07) is 0. The van der Waals surface area contributed by atoms with Gasteiger partial charge in [0.2, 0.25) is 0 Å². The van der Waals surface area contributed by atoms with Gasteiger partial charge in [-0.2, -0.15) is 171 Å². The van der Waals surface area contributed by atoms with E-state index in [0.29, 0.717) is 0 Å². The van der Waals surface area contributed by atoms with Gasteiger partial charge in [0.15, 0.2) is 0 Å². The molecule has 1 aromatic rings. The van der Waals surface area contributed by atoms with E-state index in [1.807, 2.05) is 0 Å². The lowest BCUT2D eigenvalue weighted by molar-refractivity contribution is -0.436. The van der Waals surface area contributed by atoms with Crippen LogP contribution in [0.1, 0.15) is 0 Å². The molecule has 0 N–H and O–H groups in total. The Morgan fingerprint density at radius 1 is 0.227 bits per heavy atom. The maximum Gasteiger partial charge on any atom is 0.460 e. The lowest BCUT2D eigenvalue weighted by Gasteiger charge is -2.39. The Morgan fingerprint density at radius 2 is 0.360 bits per heavy atom. The van der Waals surface area contributed by atoms with Crippen molar-refractivity contribution < 1.29 is 171 Å². The molecule has 1 rings (SSSR count). The van der Waals surface area contributed by atoms with Gasteiger partial charge < -0.3 is 0 Å². The molecule has 1 heterocycles. The number of rotatable bonds is 21. The van der Waals surface area contributed by atoms with E-state index < -0.39 is 194 Å². The quantitative estimate of drug-likeness (QED) is 0.0910. The highest BCUT2D eigenvalue weighted by Gasteiger charge is 2.93. The zero-order chi connectivity index (χ0) is 60.8. The molecular formula is C30H12F39N3O3. The molecule has 0 aliphatic heterocycles. The fourth-order valence-corrected chi connectivity index (χ4v) is 4.73. The highest BCUT2D eigenvalue weighted by atomic mass is 19.5. The summed E-state index contributed by atoms with van der Waals surface area (Å²) in [5.74, 6) is -124. The van der Waals surface area contributed by atoms with Crippen molar-refractivity contribution in [2.75, 3.05) is 0 Å². The fraction of sp³-hybridized carbons (Fsp3) is 0.700. The molecule has 438 valence electrons. The van der Waals surface area contributed by atoms with Gasteiger partial charge in [0.05, 0.1) is 19.6 Å². The second kappa shape index (κ2) is 18.8. The van der Waals surface area contributed by atoms with Crippen LogP contribution in [0, 0.1) is 0 Å². The Morgan fingerprint density at radius 3 is 0.493 bits per heavy atom. The second-order valence-electron chi connectivity index (χ2n) is 14.1. The number of aromatic nitrogens is 3. The predicted octanol–water partition coefficient (Wildman–Crippen LogP) is 12.1. The SMILES string of the molecule is O=c1n(C/C=C/C(F)(F)C(F)(F)C(F)(F)C(F)(F)C(F)(F)C(F)(F)F)c(=O)n(C/C=C/C(F)(F)C(F)(F)C(F)(F)C(F)(F)C(F)(F)C(F)(F)F)c(=O)n1C/C=C/C(F)(F)C(F)(F)C(F)(F)C(F)(F)C(F)(F)C(F)(F)F. The zero-order valence-corrected chi connectivity index (χ0v) is 33.4. The minimum Gasteiger partial charge on any atom is -0.247 e. The van der Waals surface area contributed by atoms with E-state index in [4.69, 9.17) is 0 Å². The van der Waals surface area contributed by atoms with E-state index in [-0.39, 0.29) is 0 Å². The number of halogens is 39. The normalized spacial score (nSPS) is 16.4. The Hall–Kier alpha value is -5.10. The summed E-state index contributed by atoms with van der Waals surface area (Å²) in [5, 5.41) is 0. The lowest BCUT2D eigenvalue weighted by atomic mass is 9.94. The lowest BCUT2D eigenvalue weighted by Crippen LogP contribution is -2.69. The second-order valence-corrected chi connectivity index (χ2v) is 14.1. The molecule has 75 heavy (non-hydrogen) atoms. The third-order valence-electron chi connectivity index (χ3n) is 9.10. The molecule has 0 bridgehead atoms. The van der Waals surface area contributed by atoms with Crippen LogP contribution in [0.25, 0.3) is 0 Å². The highest BCUT2D eigenvalue weighted by molar-refractivity contribution is 5.18. The Kier molecular flexibility index (Phi) is 17.0. The Balaban J connectivity index is 4.27. The zero-order valence-electron chi connectivity index (χ0n) is 33.4. The van der Waals surface area contributed by atoms with Gasteiger partial charge in [0.1, 0.15) is 0 Å². The van der Waals surface area contributed by atoms with Crippen LogP contribution in [-0.4, -0.2) is 121 Å². The van der Waals surface area contributed by atoms with Gasteiger partial charge in [-0.25, -0.2) is 28.1 Å². The molecule has 6 nitrogen and oxygen atoms in total. The summed E-state index contributed by atoms with van der Waals surface area (Å²) in [5.41, 5.74) is -9.17. The predicted molar refractivity (Wildman–Crippen MR) is 159 cm³/mol. The van der Waals surface area contributed by atoms with Crippen LogP contribution in [-0.2, 0) is 19.6 Å². The smallest absolute Gasteiger partial charge is 0.247 e. The van der Waals surface area contributed by atoms with Crippen molar-refractivity contribution in [3.63, 3.8) is 0 Å².